The Bertz CT molecular complexity index is 338. The van der Waals surface area contributed by atoms with Gasteiger partial charge in [0.2, 0.25) is 0 Å². The van der Waals surface area contributed by atoms with E-state index < -0.39 is 11.9 Å². The first-order chi connectivity index (χ1) is 6.29. The normalized spacial score (nSPS) is 18.7. The Kier molecular flexibility index (Phi) is 3.98. The first-order valence-electron chi connectivity index (χ1n) is 4.23. The Balaban J connectivity index is 0.000000980. The molecule has 1 aromatic carbocycles. The molecule has 0 saturated heterocycles. The van der Waals surface area contributed by atoms with Crippen molar-refractivity contribution in [2.24, 2.45) is 0 Å². The summed E-state index contributed by atoms with van der Waals surface area (Å²) in [5.74, 6) is -0.457. The van der Waals surface area contributed by atoms with Gasteiger partial charge in [0.05, 0.1) is 12.5 Å². The third-order valence-electron chi connectivity index (χ3n) is 2.26. The first-order valence-corrected chi connectivity index (χ1v) is 4.23. The van der Waals surface area contributed by atoms with Crippen LogP contribution < -0.4 is 4.74 Å². The van der Waals surface area contributed by atoms with Gasteiger partial charge >= 0.3 is 5.97 Å². The average molecular weight is 201 g/mol. The summed E-state index contributed by atoms with van der Waals surface area (Å²) < 4.78 is 5.34. The fraction of sp³-hybridized carbons (Fsp3) is 0.300. The Morgan fingerprint density at radius 3 is 2.86 bits per heavy atom. The zero-order valence-electron chi connectivity index (χ0n) is 8.06. The molecule has 0 fully saturated rings. The molecule has 3 nitrogen and oxygen atoms in total. The van der Waals surface area contributed by atoms with Crippen molar-refractivity contribution < 1.29 is 14.6 Å². The molecule has 0 aromatic heterocycles. The molecule has 4 heteroatoms. The summed E-state index contributed by atoms with van der Waals surface area (Å²) in [6, 6.07) is 7.31. The molecule has 1 aliphatic heterocycles. The Labute approximate surface area is 104 Å². The maximum Gasteiger partial charge on any atom is 0.311 e. The molecular weight excluding hydrogens is 191 g/mol. The van der Waals surface area contributed by atoms with Gasteiger partial charge in [-0.15, -0.1) is 0 Å². The molecule has 0 amide bonds. The maximum atomic E-state index is 10.9. The van der Waals surface area contributed by atoms with Crippen LogP contribution in [-0.2, 0) is 4.79 Å². The van der Waals surface area contributed by atoms with Gasteiger partial charge in [-0.3, -0.25) is 4.79 Å². The van der Waals surface area contributed by atoms with E-state index in [1.807, 2.05) is 24.3 Å². The molecule has 0 bridgehead atoms. The van der Waals surface area contributed by atoms with Crippen LogP contribution in [0.2, 0.25) is 0 Å². The molecule has 1 heterocycles. The summed E-state index contributed by atoms with van der Waals surface area (Å²) in [5.41, 5.74) is 0.793. The zero-order valence-corrected chi connectivity index (χ0v) is 10.1. The van der Waals surface area contributed by atoms with E-state index in [2.05, 4.69) is 0 Å². The van der Waals surface area contributed by atoms with Gasteiger partial charge in [0, 0.05) is 35.1 Å². The average Bonchev–Trinajstić information content (AvgIpc) is 2.17. The van der Waals surface area contributed by atoms with Gasteiger partial charge in [0.25, 0.3) is 0 Å². The minimum absolute atomic E-state index is 0. The Morgan fingerprint density at radius 1 is 1.43 bits per heavy atom. The molecule has 1 unspecified atom stereocenters. The fourth-order valence-electron chi connectivity index (χ4n) is 1.60. The SMILES string of the molecule is O=C(O)C1CCOc2ccccc21.[Na]. The molecular formula is C10H10NaO3. The van der Waals surface area contributed by atoms with Crippen LogP contribution in [0.15, 0.2) is 24.3 Å². The van der Waals surface area contributed by atoms with Gasteiger partial charge in [0.1, 0.15) is 5.75 Å². The molecule has 69 valence electrons. The Morgan fingerprint density at radius 2 is 2.14 bits per heavy atom. The van der Waals surface area contributed by atoms with E-state index >= 15 is 0 Å². The van der Waals surface area contributed by atoms with Gasteiger partial charge < -0.3 is 9.84 Å². The smallest absolute Gasteiger partial charge is 0.311 e. The van der Waals surface area contributed by atoms with Gasteiger partial charge in [-0.2, -0.15) is 0 Å². The summed E-state index contributed by atoms with van der Waals surface area (Å²) in [7, 11) is 0. The number of ether oxygens (including phenoxy) is 1. The van der Waals surface area contributed by atoms with Crippen LogP contribution in [0, 0.1) is 0 Å². The predicted molar refractivity (Wildman–Crippen MR) is 52.7 cm³/mol. The minimum Gasteiger partial charge on any atom is -0.493 e. The second kappa shape index (κ2) is 4.82. The van der Waals surface area contributed by atoms with Crippen molar-refractivity contribution in [3.63, 3.8) is 0 Å². The second-order valence-corrected chi connectivity index (χ2v) is 3.07. The molecule has 1 N–H and O–H groups in total. The standard InChI is InChI=1S/C10H10O3.Na/c11-10(12)8-5-6-13-9-4-2-1-3-7(8)9;/h1-4,8H,5-6H2,(H,11,12);. The van der Waals surface area contributed by atoms with Crippen LogP contribution in [0.3, 0.4) is 0 Å². The van der Waals surface area contributed by atoms with E-state index in [-0.39, 0.29) is 29.6 Å². The van der Waals surface area contributed by atoms with E-state index in [0.29, 0.717) is 18.8 Å². The minimum atomic E-state index is -0.768. The van der Waals surface area contributed by atoms with Crippen molar-refractivity contribution >= 4 is 35.5 Å². The van der Waals surface area contributed by atoms with Gasteiger partial charge in [-0.25, -0.2) is 0 Å². The van der Waals surface area contributed by atoms with Crippen molar-refractivity contribution in [2.75, 3.05) is 6.61 Å². The molecule has 1 aliphatic rings. The van der Waals surface area contributed by atoms with Crippen LogP contribution in [0.5, 0.6) is 5.75 Å². The van der Waals surface area contributed by atoms with E-state index in [0.717, 1.165) is 5.56 Å². The second-order valence-electron chi connectivity index (χ2n) is 3.07. The largest absolute Gasteiger partial charge is 0.493 e. The first kappa shape index (κ1) is 11.6. The van der Waals surface area contributed by atoms with Crippen LogP contribution in [0.25, 0.3) is 0 Å². The molecule has 1 radical (unpaired) electrons. The van der Waals surface area contributed by atoms with Crippen LogP contribution in [-0.4, -0.2) is 47.2 Å². The molecule has 0 aliphatic carbocycles. The molecule has 2 rings (SSSR count). The Hall–Kier alpha value is -0.510. The van der Waals surface area contributed by atoms with Crippen LogP contribution >= 0.6 is 0 Å². The number of benzene rings is 1. The van der Waals surface area contributed by atoms with Gasteiger partial charge in [-0.05, 0) is 12.5 Å². The van der Waals surface area contributed by atoms with E-state index in [1.54, 1.807) is 0 Å². The number of carboxylic acids is 1. The van der Waals surface area contributed by atoms with Crippen LogP contribution in [0.4, 0.5) is 0 Å². The zero-order chi connectivity index (χ0) is 9.26. The van der Waals surface area contributed by atoms with Crippen molar-refractivity contribution in [2.45, 2.75) is 12.3 Å². The number of rotatable bonds is 1. The number of aliphatic carboxylic acids is 1. The molecule has 1 aromatic rings. The quantitative estimate of drug-likeness (QED) is 0.696. The number of hydrogen-bond acceptors (Lipinski definition) is 2. The van der Waals surface area contributed by atoms with Crippen molar-refractivity contribution in [1.29, 1.82) is 0 Å². The molecule has 0 saturated carbocycles. The summed E-state index contributed by atoms with van der Waals surface area (Å²) in [4.78, 5) is 10.9. The predicted octanol–water partition coefficient (Wildman–Crippen LogP) is 1.26. The van der Waals surface area contributed by atoms with E-state index in [9.17, 15) is 4.79 Å². The van der Waals surface area contributed by atoms with E-state index in [1.165, 1.54) is 0 Å². The third kappa shape index (κ3) is 2.11. The number of hydrogen-bond donors (Lipinski definition) is 1. The van der Waals surface area contributed by atoms with Gasteiger partial charge in [-0.1, -0.05) is 18.2 Å². The van der Waals surface area contributed by atoms with Crippen molar-refractivity contribution in [3.05, 3.63) is 29.8 Å². The van der Waals surface area contributed by atoms with Gasteiger partial charge in [0.15, 0.2) is 0 Å². The van der Waals surface area contributed by atoms with Crippen molar-refractivity contribution in [3.8, 4) is 5.75 Å². The van der Waals surface area contributed by atoms with Crippen molar-refractivity contribution in [1.82, 2.24) is 0 Å². The number of carboxylic acid groups (broad SMARTS) is 1. The van der Waals surface area contributed by atoms with E-state index in [4.69, 9.17) is 9.84 Å². The third-order valence-corrected chi connectivity index (χ3v) is 2.26. The molecule has 0 spiro atoms. The summed E-state index contributed by atoms with van der Waals surface area (Å²) >= 11 is 0. The monoisotopic (exact) mass is 201 g/mol. The summed E-state index contributed by atoms with van der Waals surface area (Å²) in [6.07, 6.45) is 0.562. The maximum absolute atomic E-state index is 10.9. The summed E-state index contributed by atoms with van der Waals surface area (Å²) in [6.45, 7) is 0.494. The molecule has 1 atom stereocenters. The van der Waals surface area contributed by atoms with Crippen LogP contribution in [0.1, 0.15) is 17.9 Å². The number of para-hydroxylation sites is 1. The topological polar surface area (TPSA) is 46.5 Å². The fourth-order valence-corrected chi connectivity index (χ4v) is 1.60. The molecule has 14 heavy (non-hydrogen) atoms. The number of carbonyl (C=O) groups is 1. The number of fused-ring (bicyclic) bond motifs is 1. The summed E-state index contributed by atoms with van der Waals surface area (Å²) in [5, 5.41) is 8.93.